The maximum absolute atomic E-state index is 11.7. The van der Waals surface area contributed by atoms with Crippen LogP contribution < -0.4 is 0 Å². The number of furan rings is 1. The van der Waals surface area contributed by atoms with Gasteiger partial charge < -0.3 is 14.3 Å². The molecule has 0 saturated heterocycles. The van der Waals surface area contributed by atoms with Crippen molar-refractivity contribution in [2.75, 3.05) is 13.2 Å². The van der Waals surface area contributed by atoms with E-state index in [1.54, 1.807) is 12.1 Å². The van der Waals surface area contributed by atoms with Crippen LogP contribution in [0.1, 0.15) is 23.0 Å². The highest BCUT2D eigenvalue weighted by atomic mass is 16.5. The van der Waals surface area contributed by atoms with Crippen LogP contribution in [0.15, 0.2) is 53.1 Å². The lowest BCUT2D eigenvalue weighted by Gasteiger charge is -2.27. The van der Waals surface area contributed by atoms with Gasteiger partial charge in [-0.25, -0.2) is 4.79 Å². The Bertz CT molecular complexity index is 518. The molecule has 1 atom stereocenters. The van der Waals surface area contributed by atoms with Crippen molar-refractivity contribution < 1.29 is 19.1 Å². The number of ether oxygens (including phenoxy) is 1. The highest BCUT2D eigenvalue weighted by Gasteiger charge is 2.28. The van der Waals surface area contributed by atoms with Gasteiger partial charge in [0, 0.05) is 5.41 Å². The Labute approximate surface area is 111 Å². The van der Waals surface area contributed by atoms with E-state index in [0.29, 0.717) is 0 Å². The third-order valence-electron chi connectivity index (χ3n) is 3.06. The average molecular weight is 260 g/mol. The number of carbonyl (C=O) groups is 1. The van der Waals surface area contributed by atoms with Gasteiger partial charge >= 0.3 is 5.97 Å². The molecule has 0 aliphatic heterocycles. The van der Waals surface area contributed by atoms with Crippen LogP contribution in [0.4, 0.5) is 0 Å². The van der Waals surface area contributed by atoms with E-state index in [1.807, 2.05) is 37.3 Å². The van der Waals surface area contributed by atoms with Crippen molar-refractivity contribution in [2.24, 2.45) is 0 Å². The molecule has 100 valence electrons. The molecule has 4 nitrogen and oxygen atoms in total. The number of carbonyl (C=O) groups excluding carboxylic acids is 1. The molecule has 0 aliphatic rings. The minimum absolute atomic E-state index is 0.0903. The van der Waals surface area contributed by atoms with E-state index in [1.165, 1.54) is 6.26 Å². The maximum Gasteiger partial charge on any atom is 0.374 e. The van der Waals surface area contributed by atoms with Gasteiger partial charge in [0.2, 0.25) is 5.76 Å². The van der Waals surface area contributed by atoms with Gasteiger partial charge in [-0.15, -0.1) is 0 Å². The second-order valence-electron chi connectivity index (χ2n) is 4.64. The van der Waals surface area contributed by atoms with Crippen molar-refractivity contribution in [1.29, 1.82) is 0 Å². The van der Waals surface area contributed by atoms with Crippen molar-refractivity contribution in [3.05, 3.63) is 60.1 Å². The van der Waals surface area contributed by atoms with Gasteiger partial charge in [-0.1, -0.05) is 37.3 Å². The van der Waals surface area contributed by atoms with Gasteiger partial charge in [-0.05, 0) is 17.7 Å². The number of rotatable bonds is 5. The summed E-state index contributed by atoms with van der Waals surface area (Å²) in [6.07, 6.45) is 1.42. The van der Waals surface area contributed by atoms with Crippen LogP contribution >= 0.6 is 0 Å². The predicted octanol–water partition coefficient (Wildman–Crippen LogP) is 2.39. The number of hydrogen-bond donors (Lipinski definition) is 1. The van der Waals surface area contributed by atoms with E-state index in [9.17, 15) is 9.90 Å². The van der Waals surface area contributed by atoms with Crippen molar-refractivity contribution >= 4 is 5.97 Å². The Hall–Kier alpha value is -2.07. The molecule has 4 heteroatoms. The highest BCUT2D eigenvalue weighted by molar-refractivity contribution is 5.86. The lowest BCUT2D eigenvalue weighted by molar-refractivity contribution is 0.0311. The molecule has 0 aliphatic carbocycles. The summed E-state index contributed by atoms with van der Waals surface area (Å²) in [5.41, 5.74) is 0.300. The molecule has 0 spiro atoms. The first-order chi connectivity index (χ1) is 9.15. The zero-order valence-electron chi connectivity index (χ0n) is 10.7. The Morgan fingerprint density at radius 1 is 1.26 bits per heavy atom. The molecule has 1 aromatic heterocycles. The minimum atomic E-state index is -0.622. The largest absolute Gasteiger partial charge is 0.459 e. The molecule has 0 radical (unpaired) electrons. The highest BCUT2D eigenvalue weighted by Crippen LogP contribution is 2.23. The smallest absolute Gasteiger partial charge is 0.374 e. The molecule has 0 amide bonds. The predicted molar refractivity (Wildman–Crippen MR) is 69.9 cm³/mol. The maximum atomic E-state index is 11.7. The van der Waals surface area contributed by atoms with Crippen LogP contribution in [0.25, 0.3) is 0 Å². The number of hydrogen-bond acceptors (Lipinski definition) is 4. The van der Waals surface area contributed by atoms with Crippen molar-refractivity contribution in [3.63, 3.8) is 0 Å². The van der Waals surface area contributed by atoms with Gasteiger partial charge in [0.15, 0.2) is 0 Å². The normalized spacial score (nSPS) is 13.8. The summed E-state index contributed by atoms with van der Waals surface area (Å²) in [5, 5.41) is 9.57. The molecule has 1 N–H and O–H groups in total. The van der Waals surface area contributed by atoms with Crippen LogP contribution in [0.2, 0.25) is 0 Å². The van der Waals surface area contributed by atoms with Crippen LogP contribution in [0, 0.1) is 0 Å². The fourth-order valence-electron chi connectivity index (χ4n) is 1.75. The van der Waals surface area contributed by atoms with Gasteiger partial charge in [-0.2, -0.15) is 0 Å². The Balaban J connectivity index is 2.05. The van der Waals surface area contributed by atoms with Gasteiger partial charge in [0.05, 0.1) is 12.9 Å². The average Bonchev–Trinajstić information content (AvgIpc) is 2.99. The van der Waals surface area contributed by atoms with E-state index in [-0.39, 0.29) is 19.0 Å². The zero-order valence-corrected chi connectivity index (χ0v) is 10.7. The molecule has 2 aromatic rings. The summed E-state index contributed by atoms with van der Waals surface area (Å²) >= 11 is 0. The summed E-state index contributed by atoms with van der Waals surface area (Å²) < 4.78 is 10.2. The molecule has 2 rings (SSSR count). The Morgan fingerprint density at radius 2 is 2.00 bits per heavy atom. The first kappa shape index (κ1) is 13.4. The molecule has 0 bridgehead atoms. The quantitative estimate of drug-likeness (QED) is 0.838. The summed E-state index contributed by atoms with van der Waals surface area (Å²) in [6.45, 7) is 1.83. The molecular formula is C15H16O4. The first-order valence-electron chi connectivity index (χ1n) is 6.03. The van der Waals surface area contributed by atoms with Crippen molar-refractivity contribution in [3.8, 4) is 0 Å². The molecule has 0 fully saturated rings. The SMILES string of the molecule is CC(CO)(COC(=O)c1ccco1)c1ccccc1. The summed E-state index contributed by atoms with van der Waals surface area (Å²) in [4.78, 5) is 11.7. The molecule has 19 heavy (non-hydrogen) atoms. The number of esters is 1. The minimum Gasteiger partial charge on any atom is -0.459 e. The van der Waals surface area contributed by atoms with Crippen LogP contribution in [-0.2, 0) is 10.2 Å². The number of aliphatic hydroxyl groups is 1. The van der Waals surface area contributed by atoms with Crippen molar-refractivity contribution in [2.45, 2.75) is 12.3 Å². The standard InChI is InChI=1S/C15H16O4/c1-15(10-16,12-6-3-2-4-7-12)11-19-14(17)13-8-5-9-18-13/h2-9,16H,10-11H2,1H3. The monoisotopic (exact) mass is 260 g/mol. The molecular weight excluding hydrogens is 244 g/mol. The second kappa shape index (κ2) is 5.71. The molecule has 1 aromatic carbocycles. The molecule has 0 saturated carbocycles. The topological polar surface area (TPSA) is 59.7 Å². The van der Waals surface area contributed by atoms with E-state index in [0.717, 1.165) is 5.56 Å². The summed E-state index contributed by atoms with van der Waals surface area (Å²) in [5.74, 6) is -0.367. The Kier molecular flexibility index (Phi) is 4.02. The zero-order chi connectivity index (χ0) is 13.7. The van der Waals surface area contributed by atoms with Crippen molar-refractivity contribution in [1.82, 2.24) is 0 Å². The van der Waals surface area contributed by atoms with Crippen LogP contribution in [0.5, 0.6) is 0 Å². The van der Waals surface area contributed by atoms with E-state index < -0.39 is 11.4 Å². The summed E-state index contributed by atoms with van der Waals surface area (Å²) in [7, 11) is 0. The number of aliphatic hydroxyl groups excluding tert-OH is 1. The Morgan fingerprint density at radius 3 is 2.58 bits per heavy atom. The van der Waals surface area contributed by atoms with Crippen LogP contribution in [-0.4, -0.2) is 24.3 Å². The lowest BCUT2D eigenvalue weighted by atomic mass is 9.84. The molecule has 1 heterocycles. The lowest BCUT2D eigenvalue weighted by Crippen LogP contribution is -2.33. The fraction of sp³-hybridized carbons (Fsp3) is 0.267. The molecule has 1 unspecified atom stereocenters. The van der Waals surface area contributed by atoms with Crippen LogP contribution in [0.3, 0.4) is 0 Å². The number of benzene rings is 1. The van der Waals surface area contributed by atoms with Gasteiger partial charge in [0.1, 0.15) is 6.61 Å². The first-order valence-corrected chi connectivity index (χ1v) is 6.03. The third kappa shape index (κ3) is 3.03. The van der Waals surface area contributed by atoms with E-state index in [4.69, 9.17) is 9.15 Å². The third-order valence-corrected chi connectivity index (χ3v) is 3.06. The fourth-order valence-corrected chi connectivity index (χ4v) is 1.75. The second-order valence-corrected chi connectivity index (χ2v) is 4.64. The van der Waals surface area contributed by atoms with E-state index in [2.05, 4.69) is 0 Å². The van der Waals surface area contributed by atoms with Gasteiger partial charge in [0.25, 0.3) is 0 Å². The van der Waals surface area contributed by atoms with E-state index >= 15 is 0 Å². The van der Waals surface area contributed by atoms with Gasteiger partial charge in [-0.3, -0.25) is 0 Å². The summed E-state index contributed by atoms with van der Waals surface area (Å²) in [6, 6.07) is 12.6.